The van der Waals surface area contributed by atoms with E-state index in [1.807, 2.05) is 61.5 Å². The Labute approximate surface area is 231 Å². The van der Waals surface area contributed by atoms with Gasteiger partial charge in [0.1, 0.15) is 21.2 Å². The topological polar surface area (TPSA) is 86.8 Å². The molecule has 0 unspecified atom stereocenters. The van der Waals surface area contributed by atoms with Gasteiger partial charge in [0, 0.05) is 18.3 Å². The van der Waals surface area contributed by atoms with Crippen LogP contribution in [0.15, 0.2) is 60.8 Å². The first kappa shape index (κ1) is 25.3. The van der Waals surface area contributed by atoms with Gasteiger partial charge in [-0.3, -0.25) is 9.69 Å². The van der Waals surface area contributed by atoms with E-state index in [0.717, 1.165) is 41.6 Å². The number of ether oxygens (including phenoxy) is 1. The van der Waals surface area contributed by atoms with Crippen LogP contribution in [0.5, 0.6) is 11.5 Å². The number of pyridine rings is 1. The summed E-state index contributed by atoms with van der Waals surface area (Å²) in [6, 6.07) is 17.1. The smallest absolute Gasteiger partial charge is 0.331 e. The normalized spacial score (nSPS) is 18.8. The number of para-hydroxylation sites is 1. The largest absolute Gasteiger partial charge is 0.457 e. The number of hydrogen-bond acceptors (Lipinski definition) is 6. The standard InChI is InChI=1S/C30H31N5O3S/c1-18-17-20(38-19-9-5-4-6-10-19)13-14-22(18)35-24-15-16-31-29-25(24)26(33-30(35)37)27(39-29)28(36)32-21-11-7-8-12-23(21)34(2)3/h4-6,9-10,13-17,21,23H,7-8,11-12H2,1-3H3,(H,32,36)(H,33,37)/t21-,23-/m0/s1. The van der Waals surface area contributed by atoms with Crippen molar-refractivity contribution >= 4 is 50.6 Å². The molecule has 2 N–H and O–H groups in total. The molecule has 6 rings (SSSR count). The Morgan fingerprint density at radius 3 is 2.64 bits per heavy atom. The summed E-state index contributed by atoms with van der Waals surface area (Å²) in [7, 11) is 4.12. The molecule has 0 radical (unpaired) electrons. The summed E-state index contributed by atoms with van der Waals surface area (Å²) in [5.74, 6) is 1.27. The summed E-state index contributed by atoms with van der Waals surface area (Å²) < 4.78 is 5.98. The number of carbonyl (C=O) groups is 2. The highest BCUT2D eigenvalue weighted by Gasteiger charge is 2.35. The van der Waals surface area contributed by atoms with Gasteiger partial charge in [0.25, 0.3) is 5.91 Å². The monoisotopic (exact) mass is 541 g/mol. The second-order valence-electron chi connectivity index (χ2n) is 10.3. The second-order valence-corrected chi connectivity index (χ2v) is 11.3. The third-order valence-corrected chi connectivity index (χ3v) is 8.65. The Bertz CT molecular complexity index is 1550. The maximum atomic E-state index is 13.6. The fourth-order valence-electron chi connectivity index (χ4n) is 5.68. The number of urea groups is 1. The summed E-state index contributed by atoms with van der Waals surface area (Å²) in [6.45, 7) is 1.95. The van der Waals surface area contributed by atoms with Gasteiger partial charge in [0.05, 0.1) is 22.4 Å². The Hall–Kier alpha value is -3.95. The number of likely N-dealkylation sites (N-methyl/N-ethyl adjacent to an activating group) is 1. The van der Waals surface area contributed by atoms with Crippen molar-refractivity contribution in [1.29, 1.82) is 0 Å². The Kier molecular flexibility index (Phi) is 6.70. The van der Waals surface area contributed by atoms with E-state index in [1.165, 1.54) is 17.8 Å². The van der Waals surface area contributed by atoms with Crippen LogP contribution in [0, 0.1) is 6.92 Å². The highest BCUT2D eigenvalue weighted by atomic mass is 32.1. The molecule has 200 valence electrons. The maximum absolute atomic E-state index is 13.6. The zero-order chi connectivity index (χ0) is 27.1. The zero-order valence-corrected chi connectivity index (χ0v) is 23.0. The molecular formula is C30H31N5O3S. The lowest BCUT2D eigenvalue weighted by atomic mass is 9.89. The van der Waals surface area contributed by atoms with E-state index in [9.17, 15) is 9.59 Å². The van der Waals surface area contributed by atoms with E-state index in [0.29, 0.717) is 32.9 Å². The van der Waals surface area contributed by atoms with Crippen molar-refractivity contribution in [3.63, 3.8) is 0 Å². The molecule has 8 nitrogen and oxygen atoms in total. The summed E-state index contributed by atoms with van der Waals surface area (Å²) in [6.07, 6.45) is 5.96. The highest BCUT2D eigenvalue weighted by Crippen LogP contribution is 2.46. The van der Waals surface area contributed by atoms with Crippen molar-refractivity contribution in [2.75, 3.05) is 24.3 Å². The first-order valence-electron chi connectivity index (χ1n) is 13.2. The van der Waals surface area contributed by atoms with Crippen molar-refractivity contribution < 1.29 is 14.3 Å². The molecule has 3 amide bonds. The number of amides is 3. The van der Waals surface area contributed by atoms with Crippen molar-refractivity contribution in [3.8, 4) is 11.5 Å². The molecule has 0 spiro atoms. The molecule has 4 aromatic rings. The zero-order valence-electron chi connectivity index (χ0n) is 22.2. The molecule has 39 heavy (non-hydrogen) atoms. The number of hydrogen-bond donors (Lipinski definition) is 2. The molecule has 2 aliphatic rings. The quantitative estimate of drug-likeness (QED) is 0.284. The first-order chi connectivity index (χ1) is 18.9. The number of rotatable bonds is 6. The molecule has 3 heterocycles. The Balaban J connectivity index is 1.32. The number of thiophene rings is 1. The van der Waals surface area contributed by atoms with Crippen LogP contribution in [0.3, 0.4) is 0 Å². The molecule has 2 aromatic carbocycles. The molecule has 1 saturated carbocycles. The lowest BCUT2D eigenvalue weighted by Crippen LogP contribution is -2.51. The van der Waals surface area contributed by atoms with Crippen molar-refractivity contribution in [3.05, 3.63) is 71.2 Å². The minimum absolute atomic E-state index is 0.0705. The van der Waals surface area contributed by atoms with Crippen molar-refractivity contribution in [2.45, 2.75) is 44.7 Å². The lowest BCUT2D eigenvalue weighted by molar-refractivity contribution is 0.0888. The summed E-state index contributed by atoms with van der Waals surface area (Å²) in [5, 5.41) is 7.05. The summed E-state index contributed by atoms with van der Waals surface area (Å²) in [5.41, 5.74) is 2.86. The van der Waals surface area contributed by atoms with E-state index in [-0.39, 0.29) is 18.0 Å². The van der Waals surface area contributed by atoms with E-state index < -0.39 is 0 Å². The fraction of sp³-hybridized carbons (Fsp3) is 0.300. The van der Waals surface area contributed by atoms with Crippen LogP contribution in [0.25, 0.3) is 10.2 Å². The van der Waals surface area contributed by atoms with E-state index in [1.54, 1.807) is 11.1 Å². The van der Waals surface area contributed by atoms with Gasteiger partial charge >= 0.3 is 6.03 Å². The number of carbonyl (C=O) groups excluding carboxylic acids is 2. The van der Waals surface area contributed by atoms with E-state index in [4.69, 9.17) is 4.74 Å². The van der Waals surface area contributed by atoms with Crippen LogP contribution in [0.1, 0.15) is 40.9 Å². The molecule has 9 heteroatoms. The summed E-state index contributed by atoms with van der Waals surface area (Å²) in [4.78, 5) is 36.7. The molecule has 0 bridgehead atoms. The molecule has 1 aliphatic heterocycles. The molecule has 1 aliphatic carbocycles. The predicted molar refractivity (Wildman–Crippen MR) is 156 cm³/mol. The van der Waals surface area contributed by atoms with Gasteiger partial charge in [-0.15, -0.1) is 11.3 Å². The number of anilines is 3. The minimum atomic E-state index is -0.314. The Morgan fingerprint density at radius 2 is 1.87 bits per heavy atom. The Morgan fingerprint density at radius 1 is 1.08 bits per heavy atom. The number of nitrogens with one attached hydrogen (secondary N) is 2. The maximum Gasteiger partial charge on any atom is 0.331 e. The number of aromatic nitrogens is 1. The van der Waals surface area contributed by atoms with Crippen molar-refractivity contribution in [1.82, 2.24) is 15.2 Å². The van der Waals surface area contributed by atoms with Gasteiger partial charge < -0.3 is 20.3 Å². The number of aryl methyl sites for hydroxylation is 1. The van der Waals surface area contributed by atoms with Crippen LogP contribution in [0.2, 0.25) is 0 Å². The lowest BCUT2D eigenvalue weighted by Gasteiger charge is -2.36. The van der Waals surface area contributed by atoms with Gasteiger partial charge in [-0.25, -0.2) is 9.78 Å². The molecular weight excluding hydrogens is 510 g/mol. The molecule has 2 atom stereocenters. The highest BCUT2D eigenvalue weighted by molar-refractivity contribution is 7.21. The van der Waals surface area contributed by atoms with Gasteiger partial charge in [-0.2, -0.15) is 0 Å². The van der Waals surface area contributed by atoms with Crippen molar-refractivity contribution in [2.24, 2.45) is 0 Å². The minimum Gasteiger partial charge on any atom is -0.457 e. The third kappa shape index (κ3) is 4.72. The van der Waals surface area contributed by atoms with Gasteiger partial charge in [0.15, 0.2) is 0 Å². The van der Waals surface area contributed by atoms with Crippen LogP contribution in [-0.4, -0.2) is 48.0 Å². The van der Waals surface area contributed by atoms with Crippen LogP contribution in [-0.2, 0) is 0 Å². The van der Waals surface area contributed by atoms with Gasteiger partial charge in [-0.05, 0) is 75.8 Å². The predicted octanol–water partition coefficient (Wildman–Crippen LogP) is 6.68. The van der Waals surface area contributed by atoms with Gasteiger partial charge in [-0.1, -0.05) is 31.0 Å². The van der Waals surface area contributed by atoms with E-state index >= 15 is 0 Å². The van der Waals surface area contributed by atoms with Gasteiger partial charge in [0.2, 0.25) is 0 Å². The summed E-state index contributed by atoms with van der Waals surface area (Å²) >= 11 is 1.32. The SMILES string of the molecule is Cc1cc(Oc2ccccc2)ccc1N1C(=O)Nc2c(C(=O)N[C@H]3CCCC[C@@H]3N(C)C)sc3nccc1c23. The van der Waals surface area contributed by atoms with Crippen LogP contribution in [0.4, 0.5) is 21.9 Å². The number of benzene rings is 2. The molecule has 0 saturated heterocycles. The third-order valence-electron chi connectivity index (χ3n) is 7.55. The number of nitrogens with zero attached hydrogens (tertiary/aromatic N) is 3. The van der Waals surface area contributed by atoms with Crippen LogP contribution < -0.4 is 20.3 Å². The van der Waals surface area contributed by atoms with E-state index in [2.05, 4.69) is 34.6 Å². The fourth-order valence-corrected chi connectivity index (χ4v) is 6.70. The molecule has 1 fully saturated rings. The first-order valence-corrected chi connectivity index (χ1v) is 14.1. The van der Waals surface area contributed by atoms with Crippen LogP contribution >= 0.6 is 11.3 Å². The molecule has 2 aromatic heterocycles. The average molecular weight is 542 g/mol. The average Bonchev–Trinajstić information content (AvgIpc) is 3.30. The second kappa shape index (κ2) is 10.3.